The second-order valence-corrected chi connectivity index (χ2v) is 30.6. The Labute approximate surface area is 904 Å². The van der Waals surface area contributed by atoms with Crippen LogP contribution in [0, 0.1) is 95.3 Å². The Bertz CT molecular complexity index is 6300. The summed E-state index contributed by atoms with van der Waals surface area (Å²) in [5, 5.41) is 0. The first-order chi connectivity index (χ1) is 67.6. The van der Waals surface area contributed by atoms with Crippen LogP contribution >= 0.6 is 0 Å². The van der Waals surface area contributed by atoms with Gasteiger partial charge in [-0.1, -0.05) is 213 Å². The van der Waals surface area contributed by atoms with Gasteiger partial charge in [0.2, 0.25) is 0 Å². The monoisotopic (exact) mass is 2730 g/mol. The van der Waals surface area contributed by atoms with Gasteiger partial charge in [-0.25, -0.2) is 0 Å². The number of pyridine rings is 10. The molecule has 10 aromatic heterocycles. The smallest absolute Gasteiger partial charge is 0.0163 e. The van der Waals surface area contributed by atoms with Crippen molar-refractivity contribution in [2.24, 2.45) is 0 Å². The van der Waals surface area contributed by atoms with Crippen LogP contribution in [0.4, 0.5) is 0 Å². The molecule has 0 atom stereocenters. The van der Waals surface area contributed by atoms with Crippen LogP contribution in [-0.2, 0) is 101 Å². The molecule has 0 unspecified atom stereocenters. The molecule has 0 aliphatic rings. The molecule has 0 bridgehead atoms. The minimum absolute atomic E-state index is 0. The summed E-state index contributed by atoms with van der Waals surface area (Å²) in [6.45, 7) is 10.3. The van der Waals surface area contributed by atoms with Crippen LogP contribution in [0.3, 0.4) is 0 Å². The second-order valence-electron chi connectivity index (χ2n) is 30.6. The fraction of sp³-hybridized carbons (Fsp3) is 0.0394. The number of rotatable bonds is 12. The Morgan fingerprint density at radius 3 is 0.641 bits per heavy atom. The van der Waals surface area contributed by atoms with E-state index in [4.69, 9.17) is 0 Å². The summed E-state index contributed by atoms with van der Waals surface area (Å²) in [7, 11) is 0. The molecular formula is C127H98Ir5N10-10. The molecule has 0 amide bonds. The number of aromatic nitrogens is 10. The zero-order valence-corrected chi connectivity index (χ0v) is 90.5. The van der Waals surface area contributed by atoms with Crippen molar-refractivity contribution >= 4 is 0 Å². The van der Waals surface area contributed by atoms with Gasteiger partial charge in [-0.3, -0.25) is 0 Å². The summed E-state index contributed by atoms with van der Waals surface area (Å²) in [6, 6.07) is 177. The van der Waals surface area contributed by atoms with E-state index in [-0.39, 0.29) is 101 Å². The van der Waals surface area contributed by atoms with E-state index in [1.165, 1.54) is 50.1 Å². The summed E-state index contributed by atoms with van der Waals surface area (Å²) in [5.74, 6) is 0. The molecule has 0 spiro atoms. The van der Waals surface area contributed by atoms with Crippen LogP contribution in [0.15, 0.2) is 505 Å². The molecule has 711 valence electrons. The van der Waals surface area contributed by atoms with Crippen LogP contribution in [0.2, 0.25) is 0 Å². The van der Waals surface area contributed by atoms with Gasteiger partial charge >= 0.3 is 0 Å². The molecule has 22 aromatic rings. The van der Waals surface area contributed by atoms with Crippen molar-refractivity contribution in [3.05, 3.63) is 593 Å². The first-order valence-corrected chi connectivity index (χ1v) is 44.7. The van der Waals surface area contributed by atoms with Gasteiger partial charge < -0.3 is 49.8 Å². The predicted octanol–water partition coefficient (Wildman–Crippen LogP) is 30.4. The summed E-state index contributed by atoms with van der Waals surface area (Å²) in [4.78, 5) is 42.6. The fourth-order valence-electron chi connectivity index (χ4n) is 13.2. The SMILES string of the molecule is Cc1c[c-]c(-c2cc(C)ccn2)cc1.Cc1c[c-]c(-c2ccccn2)cc1.Cc1cc[c-]c(-c2cc(C)ccn2)c1.[Ir].[Ir].[Ir].[Ir].[Ir].[c-]1cc(-c2ccccc2)ccc1-c1ccccn1.[c-]1ccc(-c2ccccc2)cc1-c1ccccn1.[c-]1ccccc1-c1ccccn1.[c-]1ccccc1-c1ccccn1.[c-]1ccccc1-c1ccccn1.[c-]1ccccc1-c1ccccn1.[c-]1ccccc1-c1ccccn1. The van der Waals surface area contributed by atoms with Crippen molar-refractivity contribution in [3.8, 4) is 135 Å². The van der Waals surface area contributed by atoms with Gasteiger partial charge in [-0.2, -0.15) is 0 Å². The van der Waals surface area contributed by atoms with E-state index in [1.807, 2.05) is 370 Å². The van der Waals surface area contributed by atoms with Crippen LogP contribution in [0.5, 0.6) is 0 Å². The molecule has 0 saturated carbocycles. The Kier molecular flexibility index (Phi) is 51.3. The normalized spacial score (nSPS) is 9.58. The summed E-state index contributed by atoms with van der Waals surface area (Å²) in [5.41, 5.74) is 31.1. The van der Waals surface area contributed by atoms with Crippen molar-refractivity contribution in [2.75, 3.05) is 0 Å². The van der Waals surface area contributed by atoms with Crippen LogP contribution in [0.1, 0.15) is 27.8 Å². The van der Waals surface area contributed by atoms with Crippen LogP contribution < -0.4 is 0 Å². The van der Waals surface area contributed by atoms with Gasteiger partial charge in [0.05, 0.1) is 0 Å². The Morgan fingerprint density at radius 1 is 0.134 bits per heavy atom. The number of benzene rings is 12. The van der Waals surface area contributed by atoms with E-state index >= 15 is 0 Å². The first-order valence-electron chi connectivity index (χ1n) is 44.7. The average molecular weight is 2730 g/mol. The van der Waals surface area contributed by atoms with Gasteiger partial charge in [0.15, 0.2) is 0 Å². The van der Waals surface area contributed by atoms with Crippen molar-refractivity contribution in [3.63, 3.8) is 0 Å². The molecule has 5 radical (unpaired) electrons. The zero-order chi connectivity index (χ0) is 94.6. The summed E-state index contributed by atoms with van der Waals surface area (Å²) < 4.78 is 0. The molecule has 10 nitrogen and oxygen atoms in total. The molecular weight excluding hydrogens is 2630 g/mol. The molecule has 0 aliphatic carbocycles. The van der Waals surface area contributed by atoms with Gasteiger partial charge in [0.1, 0.15) is 0 Å². The van der Waals surface area contributed by atoms with Gasteiger partial charge in [0.25, 0.3) is 0 Å². The third-order valence-electron chi connectivity index (χ3n) is 20.2. The first kappa shape index (κ1) is 113. The molecule has 22 rings (SSSR count). The average Bonchev–Trinajstić information content (AvgIpc) is 0.836. The molecule has 0 aliphatic heterocycles. The molecule has 0 N–H and O–H groups in total. The van der Waals surface area contributed by atoms with Crippen molar-refractivity contribution < 1.29 is 101 Å². The predicted molar refractivity (Wildman–Crippen MR) is 560 cm³/mol. The van der Waals surface area contributed by atoms with E-state index in [1.54, 1.807) is 49.6 Å². The third-order valence-corrected chi connectivity index (χ3v) is 20.2. The van der Waals surface area contributed by atoms with Crippen LogP contribution in [0.25, 0.3) is 135 Å². The van der Waals surface area contributed by atoms with Crippen molar-refractivity contribution in [1.82, 2.24) is 49.8 Å². The van der Waals surface area contributed by atoms with E-state index in [0.717, 1.165) is 113 Å². The Morgan fingerprint density at radius 2 is 0.373 bits per heavy atom. The molecule has 0 fully saturated rings. The van der Waals surface area contributed by atoms with Gasteiger partial charge in [0, 0.05) is 162 Å². The van der Waals surface area contributed by atoms with E-state index in [9.17, 15) is 0 Å². The standard InChI is InChI=1S/2C17H12N.2C13H12N.C12H10N.5C11H8N.5Ir/c1-2-7-14(8-3-1)15-9-6-10-16(13-15)17-11-4-5-12-18-17;1-2-6-14(7-3-1)15-9-11-16(12-10-15)17-8-4-5-13-18-17;1-10-3-5-12(6-4-10)13-9-11(2)7-8-14-13;1-10-4-3-5-12(8-10)13-9-11(2)6-7-14-13;1-10-5-7-11(8-6-10)12-4-2-3-9-13-12;5*1-2-6-10(7-3-1)11-8-4-5-9-12-11;;;;;/h1-9,11-13H;1-11,13H;3-5,7-9H,1-2H3;3-4,6-9H,1-2H3;2-7,9H,1H3;5*1-6,8-9H;;;;;/q10*-1;;;;;. The maximum atomic E-state index is 4.35. The topological polar surface area (TPSA) is 129 Å². The molecule has 142 heavy (non-hydrogen) atoms. The fourth-order valence-corrected chi connectivity index (χ4v) is 13.2. The Balaban J connectivity index is 0.000000193. The van der Waals surface area contributed by atoms with Crippen molar-refractivity contribution in [2.45, 2.75) is 34.6 Å². The number of hydrogen-bond donors (Lipinski definition) is 0. The molecule has 10 heterocycles. The quantitative estimate of drug-likeness (QED) is 0.109. The molecule has 15 heteroatoms. The third kappa shape index (κ3) is 38.9. The number of hydrogen-bond acceptors (Lipinski definition) is 10. The minimum atomic E-state index is 0. The van der Waals surface area contributed by atoms with Gasteiger partial charge in [-0.05, 0) is 137 Å². The maximum Gasteiger partial charge on any atom is 0.0163 e. The maximum absolute atomic E-state index is 4.35. The van der Waals surface area contributed by atoms with Crippen molar-refractivity contribution in [1.29, 1.82) is 0 Å². The van der Waals surface area contributed by atoms with Crippen LogP contribution in [-0.4, -0.2) is 49.8 Å². The summed E-state index contributed by atoms with van der Waals surface area (Å²) >= 11 is 0. The van der Waals surface area contributed by atoms with Gasteiger partial charge in [-0.15, -0.1) is 351 Å². The van der Waals surface area contributed by atoms with E-state index in [2.05, 4.69) is 230 Å². The zero-order valence-electron chi connectivity index (χ0n) is 78.6. The largest absolute Gasteiger partial charge is 0.305 e. The summed E-state index contributed by atoms with van der Waals surface area (Å²) in [6.07, 6.45) is 18.0. The Hall–Kier alpha value is -14.6. The molecule has 0 saturated heterocycles. The number of nitrogens with zero attached hydrogens (tertiary/aromatic N) is 10. The van der Waals surface area contributed by atoms with E-state index < -0.39 is 0 Å². The number of aryl methyl sites for hydroxylation is 5. The minimum Gasteiger partial charge on any atom is -0.305 e. The second kappa shape index (κ2) is 64.6. The van der Waals surface area contributed by atoms with E-state index in [0.29, 0.717) is 0 Å². The molecule has 12 aromatic carbocycles.